The van der Waals surface area contributed by atoms with E-state index in [0.717, 1.165) is 17.2 Å². The SMILES string of the molecule is COc1ccc(CN2C(=O)O[C@@H](C(F)(F)F)c3c(B(O)O)ccnc32)cc1. The molecule has 2 N–H and O–H groups in total. The van der Waals surface area contributed by atoms with E-state index < -0.39 is 36.5 Å². The number of methoxy groups -OCH3 is 1. The first-order valence-corrected chi connectivity index (χ1v) is 7.75. The maximum atomic E-state index is 13.4. The number of hydrogen-bond donors (Lipinski definition) is 2. The highest BCUT2D eigenvalue weighted by Crippen LogP contribution is 2.42. The third-order valence-electron chi connectivity index (χ3n) is 4.03. The summed E-state index contributed by atoms with van der Waals surface area (Å²) in [5.74, 6) is 0.233. The fraction of sp³-hybridized carbons (Fsp3) is 0.250. The number of fused-ring (bicyclic) bond motifs is 1. The molecule has 2 aromatic rings. The van der Waals surface area contributed by atoms with E-state index in [0.29, 0.717) is 11.3 Å². The number of hydrogen-bond acceptors (Lipinski definition) is 6. The van der Waals surface area contributed by atoms with Gasteiger partial charge < -0.3 is 19.5 Å². The van der Waals surface area contributed by atoms with Gasteiger partial charge >= 0.3 is 19.4 Å². The van der Waals surface area contributed by atoms with E-state index in [9.17, 15) is 28.0 Å². The van der Waals surface area contributed by atoms with E-state index in [2.05, 4.69) is 9.72 Å². The van der Waals surface area contributed by atoms with Crippen LogP contribution in [0.5, 0.6) is 5.75 Å². The molecule has 2 heterocycles. The number of anilines is 1. The molecule has 0 radical (unpaired) electrons. The first-order valence-electron chi connectivity index (χ1n) is 7.75. The van der Waals surface area contributed by atoms with E-state index in [1.165, 1.54) is 7.11 Å². The van der Waals surface area contributed by atoms with Crippen molar-refractivity contribution in [2.45, 2.75) is 18.8 Å². The molecule has 1 aliphatic heterocycles. The van der Waals surface area contributed by atoms with Gasteiger partial charge in [-0.25, -0.2) is 9.78 Å². The number of cyclic esters (lactones) is 1. The first-order chi connectivity index (χ1) is 12.7. The zero-order valence-electron chi connectivity index (χ0n) is 14.0. The van der Waals surface area contributed by atoms with Gasteiger partial charge in [-0.1, -0.05) is 12.1 Å². The monoisotopic (exact) mass is 382 g/mol. The largest absolute Gasteiger partial charge is 0.497 e. The first kappa shape index (κ1) is 19.0. The third-order valence-corrected chi connectivity index (χ3v) is 4.03. The smallest absolute Gasteiger partial charge is 0.489 e. The lowest BCUT2D eigenvalue weighted by molar-refractivity contribution is -0.207. The summed E-state index contributed by atoms with van der Waals surface area (Å²) in [7, 11) is -0.706. The van der Waals surface area contributed by atoms with Crippen molar-refractivity contribution in [2.24, 2.45) is 0 Å². The van der Waals surface area contributed by atoms with Crippen molar-refractivity contribution in [1.82, 2.24) is 4.98 Å². The van der Waals surface area contributed by atoms with E-state index in [-0.39, 0.29) is 12.4 Å². The Morgan fingerprint density at radius 2 is 1.93 bits per heavy atom. The molecule has 3 rings (SSSR count). The van der Waals surface area contributed by atoms with Gasteiger partial charge in [0, 0.05) is 11.8 Å². The van der Waals surface area contributed by atoms with Crippen LogP contribution < -0.4 is 15.1 Å². The number of pyridine rings is 1. The van der Waals surface area contributed by atoms with Crippen molar-refractivity contribution >= 4 is 24.5 Å². The van der Waals surface area contributed by atoms with E-state index in [1.54, 1.807) is 24.3 Å². The van der Waals surface area contributed by atoms with Crippen molar-refractivity contribution < 1.29 is 37.5 Å². The molecule has 0 aliphatic carbocycles. The van der Waals surface area contributed by atoms with Gasteiger partial charge in [0.2, 0.25) is 6.10 Å². The standard InChI is InChI=1S/C16H14BF3N2O5/c1-26-10-4-2-9(3-5-10)8-22-14-12(11(17(24)25)6-7-21-14)13(16(18,19)20)27-15(22)23/h2-7,13,24-25H,8H2,1H3/t13-/m1/s1. The molecule has 11 heteroatoms. The highest BCUT2D eigenvalue weighted by atomic mass is 19.4. The third kappa shape index (κ3) is 3.69. The molecular formula is C16H14BF3N2O5. The van der Waals surface area contributed by atoms with Crippen molar-refractivity contribution in [2.75, 3.05) is 12.0 Å². The minimum Gasteiger partial charge on any atom is -0.497 e. The molecule has 1 aromatic carbocycles. The Hall–Kier alpha value is -2.79. The number of ether oxygens (including phenoxy) is 2. The van der Waals surface area contributed by atoms with Crippen LogP contribution in [0, 0.1) is 0 Å². The molecule has 0 fully saturated rings. The van der Waals surface area contributed by atoms with Crippen LogP contribution >= 0.6 is 0 Å². The molecule has 0 bridgehead atoms. The number of rotatable bonds is 4. The molecule has 142 valence electrons. The second-order valence-corrected chi connectivity index (χ2v) is 5.75. The topological polar surface area (TPSA) is 92.1 Å². The predicted molar refractivity (Wildman–Crippen MR) is 88.5 cm³/mol. The number of benzene rings is 1. The maximum absolute atomic E-state index is 13.4. The zero-order chi connectivity index (χ0) is 19.8. The van der Waals surface area contributed by atoms with Crippen LogP contribution in [0.1, 0.15) is 17.2 Å². The molecule has 0 spiro atoms. The molecular weight excluding hydrogens is 368 g/mol. The van der Waals surface area contributed by atoms with Gasteiger partial charge in [0.25, 0.3) is 0 Å². The highest BCUT2D eigenvalue weighted by molar-refractivity contribution is 6.59. The molecule has 1 aromatic heterocycles. The summed E-state index contributed by atoms with van der Waals surface area (Å²) in [4.78, 5) is 17.0. The molecule has 27 heavy (non-hydrogen) atoms. The summed E-state index contributed by atoms with van der Waals surface area (Å²) < 4.78 is 49.7. The van der Waals surface area contributed by atoms with E-state index in [1.807, 2.05) is 0 Å². The molecule has 0 saturated heterocycles. The fourth-order valence-corrected chi connectivity index (χ4v) is 2.78. The van der Waals surface area contributed by atoms with Gasteiger partial charge in [0.05, 0.1) is 13.7 Å². The van der Waals surface area contributed by atoms with Gasteiger partial charge in [-0.3, -0.25) is 4.90 Å². The Labute approximate surface area is 152 Å². The van der Waals surface area contributed by atoms with Crippen molar-refractivity contribution in [3.63, 3.8) is 0 Å². The number of carbonyl (C=O) groups is 1. The van der Waals surface area contributed by atoms with Crippen LogP contribution in [0.15, 0.2) is 36.5 Å². The van der Waals surface area contributed by atoms with Gasteiger partial charge in [-0.15, -0.1) is 0 Å². The Morgan fingerprint density at radius 3 is 2.48 bits per heavy atom. The average Bonchev–Trinajstić information content (AvgIpc) is 2.62. The van der Waals surface area contributed by atoms with Crippen molar-refractivity contribution in [3.8, 4) is 5.75 Å². The Morgan fingerprint density at radius 1 is 1.26 bits per heavy atom. The Kier molecular flexibility index (Phi) is 4.98. The number of halogens is 3. The highest BCUT2D eigenvalue weighted by Gasteiger charge is 2.51. The number of nitrogens with zero attached hydrogens (tertiary/aromatic N) is 2. The molecule has 0 unspecified atom stereocenters. The summed E-state index contributed by atoms with van der Waals surface area (Å²) in [6.45, 7) is -0.127. The molecule has 1 aliphatic rings. The van der Waals surface area contributed by atoms with Gasteiger partial charge in [0.15, 0.2) is 0 Å². The molecule has 7 nitrogen and oxygen atoms in total. The van der Waals surface area contributed by atoms with Crippen LogP contribution in [0.4, 0.5) is 23.8 Å². The summed E-state index contributed by atoms with van der Waals surface area (Å²) >= 11 is 0. The number of carbonyl (C=O) groups excluding carboxylic acids is 1. The van der Waals surface area contributed by atoms with Crippen molar-refractivity contribution in [1.29, 1.82) is 0 Å². The lowest BCUT2D eigenvalue weighted by Crippen LogP contribution is -2.47. The van der Waals surface area contributed by atoms with Crippen molar-refractivity contribution in [3.05, 3.63) is 47.7 Å². The van der Waals surface area contributed by atoms with Crippen LogP contribution in [0.25, 0.3) is 0 Å². The average molecular weight is 382 g/mol. The molecule has 1 atom stereocenters. The number of amides is 1. The van der Waals surface area contributed by atoms with E-state index in [4.69, 9.17) is 4.74 Å². The maximum Gasteiger partial charge on any atom is 0.489 e. The summed E-state index contributed by atoms with van der Waals surface area (Å²) in [5.41, 5.74) is -0.455. The van der Waals surface area contributed by atoms with Crippen LogP contribution in [-0.2, 0) is 11.3 Å². The van der Waals surface area contributed by atoms with Gasteiger partial charge in [0.1, 0.15) is 11.6 Å². The normalized spacial score (nSPS) is 16.6. The summed E-state index contributed by atoms with van der Waals surface area (Å²) in [6, 6.07) is 7.56. The van der Waals surface area contributed by atoms with E-state index >= 15 is 0 Å². The minimum absolute atomic E-state index is 0.127. The lowest BCUT2D eigenvalue weighted by Gasteiger charge is -2.34. The Balaban J connectivity index is 2.06. The fourth-order valence-electron chi connectivity index (χ4n) is 2.78. The Bertz CT molecular complexity index is 845. The number of aromatic nitrogens is 1. The van der Waals surface area contributed by atoms with Crippen LogP contribution in [0.3, 0.4) is 0 Å². The second kappa shape index (κ2) is 7.08. The van der Waals surface area contributed by atoms with Gasteiger partial charge in [-0.05, 0) is 29.2 Å². The molecule has 0 saturated carbocycles. The quantitative estimate of drug-likeness (QED) is 0.780. The number of alkyl halides is 3. The zero-order valence-corrected chi connectivity index (χ0v) is 14.0. The van der Waals surface area contributed by atoms with Crippen LogP contribution in [-0.4, -0.2) is 41.5 Å². The second-order valence-electron chi connectivity index (χ2n) is 5.75. The summed E-state index contributed by atoms with van der Waals surface area (Å²) in [6.07, 6.45) is -7.72. The predicted octanol–water partition coefficient (Wildman–Crippen LogP) is 1.53. The molecule has 1 amide bonds. The minimum atomic E-state index is -4.94. The lowest BCUT2D eigenvalue weighted by atomic mass is 9.75. The summed E-state index contributed by atoms with van der Waals surface area (Å²) in [5, 5.41) is 18.9. The van der Waals surface area contributed by atoms with Gasteiger partial charge in [-0.2, -0.15) is 13.2 Å². The van der Waals surface area contributed by atoms with Crippen LogP contribution in [0.2, 0.25) is 0 Å².